The second-order valence-corrected chi connectivity index (χ2v) is 9.36. The van der Waals surface area contributed by atoms with Crippen molar-refractivity contribution in [2.45, 2.75) is 31.6 Å². The summed E-state index contributed by atoms with van der Waals surface area (Å²) in [5.41, 5.74) is 4.89. The van der Waals surface area contributed by atoms with Gasteiger partial charge in [-0.1, -0.05) is 30.2 Å². The average molecular weight is 493 g/mol. The molecule has 0 saturated heterocycles. The summed E-state index contributed by atoms with van der Waals surface area (Å²) >= 11 is 7.53. The van der Waals surface area contributed by atoms with Crippen molar-refractivity contribution in [1.82, 2.24) is 19.9 Å². The van der Waals surface area contributed by atoms with Gasteiger partial charge in [0, 0.05) is 10.4 Å². The number of hydrogen-bond donors (Lipinski definition) is 3. The molecule has 1 aliphatic rings. The molecular formula is C24H21ClN6O2S. The van der Waals surface area contributed by atoms with E-state index in [2.05, 4.69) is 30.6 Å². The lowest BCUT2D eigenvalue weighted by molar-refractivity contribution is -0.124. The first-order chi connectivity index (χ1) is 16.4. The van der Waals surface area contributed by atoms with Crippen molar-refractivity contribution in [2.75, 3.05) is 10.6 Å². The van der Waals surface area contributed by atoms with Crippen LogP contribution in [0.5, 0.6) is 0 Å². The van der Waals surface area contributed by atoms with Gasteiger partial charge in [-0.25, -0.2) is 9.97 Å². The van der Waals surface area contributed by atoms with E-state index in [1.54, 1.807) is 35.3 Å². The number of nitrogens with zero attached hydrogens (tertiary/aromatic N) is 3. The molecule has 8 nitrogen and oxygen atoms in total. The fraction of sp³-hybridized carbons (Fsp3) is 0.208. The number of thiazole rings is 1. The van der Waals surface area contributed by atoms with Crippen molar-refractivity contribution in [3.63, 3.8) is 0 Å². The first-order valence-corrected chi connectivity index (χ1v) is 12.1. The van der Waals surface area contributed by atoms with Gasteiger partial charge in [0.1, 0.15) is 5.69 Å². The molecule has 0 aliphatic heterocycles. The smallest absolute Gasteiger partial charge is 0.275 e. The predicted octanol–water partition coefficient (Wildman–Crippen LogP) is 5.20. The number of aromatic amines is 1. The number of carbonyl (C=O) groups is 2. The number of anilines is 2. The SMILES string of the molecule is Cc1nc(NC(=O)C2(c3cccc(Cl)c3)CCC2)[nH]c1-c1ccc(NC(=O)c2cscn2)cn1. The maximum absolute atomic E-state index is 13.3. The molecule has 1 fully saturated rings. The summed E-state index contributed by atoms with van der Waals surface area (Å²) in [5.74, 6) is -0.0222. The number of imidazole rings is 1. The van der Waals surface area contributed by atoms with E-state index in [4.69, 9.17) is 11.6 Å². The zero-order valence-corrected chi connectivity index (χ0v) is 19.8. The molecule has 2 amide bonds. The molecule has 4 aromatic rings. The van der Waals surface area contributed by atoms with E-state index in [1.807, 2.05) is 25.1 Å². The fourth-order valence-corrected chi connectivity index (χ4v) is 4.82. The van der Waals surface area contributed by atoms with E-state index in [9.17, 15) is 9.59 Å². The van der Waals surface area contributed by atoms with Crippen molar-refractivity contribution in [3.05, 3.63) is 75.5 Å². The molecule has 3 aromatic heterocycles. The van der Waals surface area contributed by atoms with Crippen LogP contribution in [0.15, 0.2) is 53.5 Å². The number of aromatic nitrogens is 4. The Morgan fingerprint density at radius 3 is 2.65 bits per heavy atom. The van der Waals surface area contributed by atoms with Crippen LogP contribution in [-0.2, 0) is 10.2 Å². The van der Waals surface area contributed by atoms with E-state index in [-0.39, 0.29) is 11.8 Å². The first kappa shape index (κ1) is 22.2. The Labute approximate surface area is 204 Å². The average Bonchev–Trinajstić information content (AvgIpc) is 3.44. The molecule has 0 bridgehead atoms. The monoisotopic (exact) mass is 492 g/mol. The molecule has 34 heavy (non-hydrogen) atoms. The van der Waals surface area contributed by atoms with E-state index >= 15 is 0 Å². The summed E-state index contributed by atoms with van der Waals surface area (Å²) in [6, 6.07) is 11.0. The van der Waals surface area contributed by atoms with Crippen LogP contribution in [0.1, 0.15) is 41.0 Å². The number of halogens is 1. The van der Waals surface area contributed by atoms with Crippen LogP contribution >= 0.6 is 22.9 Å². The number of carbonyl (C=O) groups excluding carboxylic acids is 2. The number of rotatable bonds is 6. The van der Waals surface area contributed by atoms with Gasteiger partial charge in [0.05, 0.1) is 39.9 Å². The molecule has 0 unspecified atom stereocenters. The summed E-state index contributed by atoms with van der Waals surface area (Å²) in [6.45, 7) is 1.84. The Morgan fingerprint density at radius 1 is 1.15 bits per heavy atom. The van der Waals surface area contributed by atoms with Crippen molar-refractivity contribution >= 4 is 46.4 Å². The number of H-pyrrole nitrogens is 1. The highest BCUT2D eigenvalue weighted by atomic mass is 35.5. The highest BCUT2D eigenvalue weighted by Crippen LogP contribution is 2.45. The zero-order chi connectivity index (χ0) is 23.7. The molecule has 0 spiro atoms. The molecule has 1 saturated carbocycles. The molecule has 1 aromatic carbocycles. The number of hydrogen-bond acceptors (Lipinski definition) is 6. The van der Waals surface area contributed by atoms with Gasteiger partial charge in [0.2, 0.25) is 11.9 Å². The number of benzene rings is 1. The van der Waals surface area contributed by atoms with Gasteiger partial charge in [-0.2, -0.15) is 0 Å². The maximum atomic E-state index is 13.3. The quantitative estimate of drug-likeness (QED) is 0.342. The summed E-state index contributed by atoms with van der Waals surface area (Å²) in [5, 5.41) is 8.01. The molecule has 172 valence electrons. The lowest BCUT2D eigenvalue weighted by Gasteiger charge is -2.40. The van der Waals surface area contributed by atoms with E-state index in [0.717, 1.165) is 24.8 Å². The van der Waals surface area contributed by atoms with Gasteiger partial charge in [-0.15, -0.1) is 11.3 Å². The van der Waals surface area contributed by atoms with Crippen LogP contribution in [0, 0.1) is 6.92 Å². The fourth-order valence-electron chi connectivity index (χ4n) is 4.09. The Bertz CT molecular complexity index is 1350. The van der Waals surface area contributed by atoms with Crippen molar-refractivity contribution < 1.29 is 9.59 Å². The van der Waals surface area contributed by atoms with Crippen LogP contribution in [0.3, 0.4) is 0 Å². The third kappa shape index (κ3) is 4.20. The Balaban J connectivity index is 1.31. The van der Waals surface area contributed by atoms with E-state index in [1.165, 1.54) is 11.3 Å². The molecule has 5 rings (SSSR count). The van der Waals surface area contributed by atoms with Gasteiger partial charge in [0.15, 0.2) is 0 Å². The van der Waals surface area contributed by atoms with Crippen molar-refractivity contribution in [1.29, 1.82) is 0 Å². The Hall–Kier alpha value is -3.56. The van der Waals surface area contributed by atoms with Gasteiger partial charge in [-0.3, -0.25) is 19.9 Å². The largest absolute Gasteiger partial charge is 0.322 e. The molecule has 3 N–H and O–H groups in total. The first-order valence-electron chi connectivity index (χ1n) is 10.7. The lowest BCUT2D eigenvalue weighted by atomic mass is 9.64. The standard InChI is InChI=1S/C24H21ClN6O2S/c1-14-20(18-7-6-17(11-26-18)29-21(32)19-12-34-13-27-19)30-23(28-14)31-22(33)24(8-3-9-24)15-4-2-5-16(25)10-15/h2,4-7,10-13H,3,8-9H2,1H3,(H,29,32)(H2,28,30,31,33). The molecule has 1 aliphatic carbocycles. The minimum absolute atomic E-state index is 0.102. The molecule has 3 heterocycles. The van der Waals surface area contributed by atoms with E-state index < -0.39 is 5.41 Å². The summed E-state index contributed by atoms with van der Waals surface area (Å²) in [7, 11) is 0. The van der Waals surface area contributed by atoms with E-state index in [0.29, 0.717) is 39.4 Å². The number of aryl methyl sites for hydroxylation is 1. The lowest BCUT2D eigenvalue weighted by Crippen LogP contribution is -2.46. The molecule has 10 heteroatoms. The Kier molecular flexibility index (Phi) is 5.89. The second-order valence-electron chi connectivity index (χ2n) is 8.21. The third-order valence-electron chi connectivity index (χ3n) is 6.08. The van der Waals surface area contributed by atoms with Crippen LogP contribution in [0.4, 0.5) is 11.6 Å². The summed E-state index contributed by atoms with van der Waals surface area (Å²) in [4.78, 5) is 41.5. The minimum Gasteiger partial charge on any atom is -0.322 e. The van der Waals surface area contributed by atoms with Crippen molar-refractivity contribution in [2.24, 2.45) is 0 Å². The normalized spacial score (nSPS) is 14.3. The third-order valence-corrected chi connectivity index (χ3v) is 6.90. The molecule has 0 atom stereocenters. The highest BCUT2D eigenvalue weighted by molar-refractivity contribution is 7.07. The Morgan fingerprint density at radius 2 is 2.00 bits per heavy atom. The van der Waals surface area contributed by atoms with Crippen LogP contribution in [0.25, 0.3) is 11.4 Å². The predicted molar refractivity (Wildman–Crippen MR) is 132 cm³/mol. The summed E-state index contributed by atoms with van der Waals surface area (Å²) in [6.07, 6.45) is 4.08. The number of pyridine rings is 1. The van der Waals surface area contributed by atoms with Gasteiger partial charge in [0.25, 0.3) is 5.91 Å². The van der Waals surface area contributed by atoms with Crippen LogP contribution in [-0.4, -0.2) is 31.8 Å². The molecule has 0 radical (unpaired) electrons. The summed E-state index contributed by atoms with van der Waals surface area (Å²) < 4.78 is 0. The molecular weight excluding hydrogens is 472 g/mol. The topological polar surface area (TPSA) is 113 Å². The maximum Gasteiger partial charge on any atom is 0.275 e. The van der Waals surface area contributed by atoms with Gasteiger partial charge >= 0.3 is 0 Å². The number of nitrogens with one attached hydrogen (secondary N) is 3. The van der Waals surface area contributed by atoms with Crippen LogP contribution in [0.2, 0.25) is 5.02 Å². The van der Waals surface area contributed by atoms with Gasteiger partial charge in [-0.05, 0) is 49.6 Å². The van der Waals surface area contributed by atoms with Gasteiger partial charge < -0.3 is 10.3 Å². The van der Waals surface area contributed by atoms with Crippen molar-refractivity contribution in [3.8, 4) is 11.4 Å². The zero-order valence-electron chi connectivity index (χ0n) is 18.3. The van der Waals surface area contributed by atoms with Crippen LogP contribution < -0.4 is 10.6 Å². The highest BCUT2D eigenvalue weighted by Gasteiger charge is 2.46. The number of amides is 2. The minimum atomic E-state index is -0.596. The second kappa shape index (κ2) is 9.00.